The number of amides is 1. The lowest BCUT2D eigenvalue weighted by Crippen LogP contribution is -2.38. The SMILES string of the molecule is NC(CNC(=O)c1sccc1S(=O)(=O)NCc1cccs1)C1CC1. The van der Waals surface area contributed by atoms with E-state index in [9.17, 15) is 13.2 Å². The van der Waals surface area contributed by atoms with Crippen molar-refractivity contribution in [3.63, 3.8) is 0 Å². The predicted molar refractivity (Wildman–Crippen MR) is 95.7 cm³/mol. The fourth-order valence-corrected chi connectivity index (χ4v) is 5.40. The lowest BCUT2D eigenvalue weighted by atomic mass is 10.2. The van der Waals surface area contributed by atoms with Gasteiger partial charge in [-0.25, -0.2) is 13.1 Å². The Labute approximate surface area is 149 Å². The van der Waals surface area contributed by atoms with Crippen molar-refractivity contribution in [3.05, 3.63) is 38.7 Å². The summed E-state index contributed by atoms with van der Waals surface area (Å²) < 4.78 is 27.5. The Morgan fingerprint density at radius 1 is 1.29 bits per heavy atom. The number of nitrogens with one attached hydrogen (secondary N) is 2. The van der Waals surface area contributed by atoms with Gasteiger partial charge in [-0.1, -0.05) is 6.07 Å². The summed E-state index contributed by atoms with van der Waals surface area (Å²) in [4.78, 5) is 13.4. The third kappa shape index (κ3) is 4.22. The molecule has 6 nitrogen and oxygen atoms in total. The molecule has 1 amide bonds. The van der Waals surface area contributed by atoms with Crippen LogP contribution in [0.1, 0.15) is 27.4 Å². The van der Waals surface area contributed by atoms with E-state index in [1.807, 2.05) is 17.5 Å². The zero-order valence-electron chi connectivity index (χ0n) is 12.9. The van der Waals surface area contributed by atoms with E-state index in [1.165, 1.54) is 17.4 Å². The van der Waals surface area contributed by atoms with Gasteiger partial charge in [-0.3, -0.25) is 4.79 Å². The topological polar surface area (TPSA) is 101 Å². The number of thiophene rings is 2. The normalized spacial score (nSPS) is 16.0. The molecule has 1 aliphatic carbocycles. The van der Waals surface area contributed by atoms with Crippen LogP contribution in [0.3, 0.4) is 0 Å². The second-order valence-corrected chi connectivity index (χ2v) is 9.41. The number of nitrogens with two attached hydrogens (primary N) is 1. The number of carbonyl (C=O) groups is 1. The quantitative estimate of drug-likeness (QED) is 0.644. The number of carbonyl (C=O) groups excluding carboxylic acids is 1. The first kappa shape index (κ1) is 17.6. The zero-order chi connectivity index (χ0) is 17.2. The average molecular weight is 386 g/mol. The van der Waals surface area contributed by atoms with Crippen LogP contribution in [0, 0.1) is 5.92 Å². The van der Waals surface area contributed by atoms with E-state index >= 15 is 0 Å². The number of hydrogen-bond acceptors (Lipinski definition) is 6. The van der Waals surface area contributed by atoms with Crippen LogP contribution >= 0.6 is 22.7 Å². The highest BCUT2D eigenvalue weighted by Gasteiger charge is 2.29. The minimum atomic E-state index is -3.74. The minimum absolute atomic E-state index is 0.0153. The van der Waals surface area contributed by atoms with Crippen molar-refractivity contribution in [1.82, 2.24) is 10.0 Å². The van der Waals surface area contributed by atoms with E-state index < -0.39 is 15.9 Å². The van der Waals surface area contributed by atoms with Crippen LogP contribution in [0.2, 0.25) is 0 Å². The van der Waals surface area contributed by atoms with Gasteiger partial charge in [-0.05, 0) is 41.7 Å². The largest absolute Gasteiger partial charge is 0.350 e. The first-order valence-corrected chi connectivity index (χ1v) is 10.8. The first-order chi connectivity index (χ1) is 11.5. The Morgan fingerprint density at radius 2 is 2.08 bits per heavy atom. The molecular formula is C15H19N3O3S3. The Morgan fingerprint density at radius 3 is 2.75 bits per heavy atom. The van der Waals surface area contributed by atoms with Gasteiger partial charge in [-0.15, -0.1) is 22.7 Å². The molecule has 24 heavy (non-hydrogen) atoms. The van der Waals surface area contributed by atoms with Crippen LogP contribution in [0.4, 0.5) is 0 Å². The maximum Gasteiger partial charge on any atom is 0.262 e. The Bertz CT molecular complexity index is 795. The van der Waals surface area contributed by atoms with Crippen LogP contribution in [0.15, 0.2) is 33.9 Å². The van der Waals surface area contributed by atoms with E-state index in [0.717, 1.165) is 29.1 Å². The van der Waals surface area contributed by atoms with Crippen molar-refractivity contribution in [1.29, 1.82) is 0 Å². The van der Waals surface area contributed by atoms with Crippen molar-refractivity contribution in [2.45, 2.75) is 30.3 Å². The number of rotatable bonds is 8. The first-order valence-electron chi connectivity index (χ1n) is 7.60. The summed E-state index contributed by atoms with van der Waals surface area (Å²) in [5.74, 6) is 0.0851. The van der Waals surface area contributed by atoms with Crippen molar-refractivity contribution < 1.29 is 13.2 Å². The second kappa shape index (κ2) is 7.32. The van der Waals surface area contributed by atoms with Crippen molar-refractivity contribution in [3.8, 4) is 0 Å². The van der Waals surface area contributed by atoms with Gasteiger partial charge in [0.15, 0.2) is 0 Å². The van der Waals surface area contributed by atoms with Gasteiger partial charge < -0.3 is 11.1 Å². The summed E-state index contributed by atoms with van der Waals surface area (Å²) in [7, 11) is -3.74. The molecule has 0 saturated heterocycles. The highest BCUT2D eigenvalue weighted by Crippen LogP contribution is 2.31. The summed E-state index contributed by atoms with van der Waals surface area (Å²) in [6.07, 6.45) is 2.20. The molecule has 1 atom stereocenters. The van der Waals surface area contributed by atoms with Crippen LogP contribution in [0.25, 0.3) is 0 Å². The highest BCUT2D eigenvalue weighted by molar-refractivity contribution is 7.89. The molecule has 0 spiro atoms. The van der Waals surface area contributed by atoms with Gasteiger partial charge in [0.05, 0.1) is 0 Å². The summed E-state index contributed by atoms with van der Waals surface area (Å²) in [5.41, 5.74) is 5.97. The summed E-state index contributed by atoms with van der Waals surface area (Å²) in [6, 6.07) is 5.11. The van der Waals surface area contributed by atoms with Crippen LogP contribution < -0.4 is 15.8 Å². The Hall–Kier alpha value is -1.26. The molecule has 2 aromatic rings. The second-order valence-electron chi connectivity index (χ2n) is 5.73. The third-order valence-electron chi connectivity index (χ3n) is 3.87. The summed E-state index contributed by atoms with van der Waals surface area (Å²) in [6.45, 7) is 0.576. The lowest BCUT2D eigenvalue weighted by Gasteiger charge is -2.12. The van der Waals surface area contributed by atoms with E-state index in [-0.39, 0.29) is 22.4 Å². The number of sulfonamides is 1. The molecule has 1 fully saturated rings. The monoisotopic (exact) mass is 385 g/mol. The van der Waals surface area contributed by atoms with Gasteiger partial charge in [-0.2, -0.15) is 0 Å². The fourth-order valence-electron chi connectivity index (χ4n) is 2.31. The molecular weight excluding hydrogens is 366 g/mol. The lowest BCUT2D eigenvalue weighted by molar-refractivity contribution is 0.0951. The predicted octanol–water partition coefficient (Wildman–Crippen LogP) is 1.76. The van der Waals surface area contributed by atoms with Crippen molar-refractivity contribution >= 4 is 38.6 Å². The van der Waals surface area contributed by atoms with Gasteiger partial charge in [0, 0.05) is 24.0 Å². The highest BCUT2D eigenvalue weighted by atomic mass is 32.2. The molecule has 3 rings (SSSR count). The van der Waals surface area contributed by atoms with E-state index in [1.54, 1.807) is 5.38 Å². The standard InChI is InChI=1S/C15H19N3O3S3/c16-12(10-3-4-10)9-17-15(19)14-13(5-7-23-14)24(20,21)18-8-11-2-1-6-22-11/h1-2,5-7,10,12,18H,3-4,8-9,16H2,(H,17,19). The molecule has 1 unspecified atom stereocenters. The Kier molecular flexibility index (Phi) is 5.36. The molecule has 130 valence electrons. The van der Waals surface area contributed by atoms with Crippen LogP contribution in [0.5, 0.6) is 0 Å². The molecule has 0 radical (unpaired) electrons. The average Bonchev–Trinajstić information content (AvgIpc) is 3.07. The van der Waals surface area contributed by atoms with Crippen LogP contribution in [-0.4, -0.2) is 26.9 Å². The summed E-state index contributed by atoms with van der Waals surface area (Å²) in [5, 5.41) is 6.24. The molecule has 1 saturated carbocycles. The third-order valence-corrected chi connectivity index (χ3v) is 7.23. The van der Waals surface area contributed by atoms with Gasteiger partial charge in [0.25, 0.3) is 5.91 Å². The molecule has 4 N–H and O–H groups in total. The van der Waals surface area contributed by atoms with Gasteiger partial charge >= 0.3 is 0 Å². The van der Waals surface area contributed by atoms with Crippen molar-refractivity contribution in [2.75, 3.05) is 6.54 Å². The maximum absolute atomic E-state index is 12.5. The molecule has 1 aliphatic rings. The molecule has 0 aromatic carbocycles. The minimum Gasteiger partial charge on any atom is -0.350 e. The number of hydrogen-bond donors (Lipinski definition) is 3. The van der Waals surface area contributed by atoms with Gasteiger partial charge in [0.1, 0.15) is 9.77 Å². The van der Waals surface area contributed by atoms with E-state index in [2.05, 4.69) is 10.0 Å². The van der Waals surface area contributed by atoms with Crippen LogP contribution in [-0.2, 0) is 16.6 Å². The molecule has 0 bridgehead atoms. The van der Waals surface area contributed by atoms with Crippen molar-refractivity contribution in [2.24, 2.45) is 11.7 Å². The summed E-state index contributed by atoms with van der Waals surface area (Å²) >= 11 is 2.59. The molecule has 2 heterocycles. The molecule has 9 heteroatoms. The van der Waals surface area contributed by atoms with E-state index in [4.69, 9.17) is 5.73 Å². The molecule has 0 aliphatic heterocycles. The zero-order valence-corrected chi connectivity index (χ0v) is 15.3. The van der Waals surface area contributed by atoms with E-state index in [0.29, 0.717) is 12.5 Å². The maximum atomic E-state index is 12.5. The van der Waals surface area contributed by atoms with Gasteiger partial charge in [0.2, 0.25) is 10.0 Å². The molecule has 2 aromatic heterocycles. The fraction of sp³-hybridized carbons (Fsp3) is 0.400. The smallest absolute Gasteiger partial charge is 0.262 e. The Balaban J connectivity index is 1.65.